The van der Waals surface area contributed by atoms with Crippen LogP contribution >= 0.6 is 11.8 Å². The van der Waals surface area contributed by atoms with Gasteiger partial charge in [-0.2, -0.15) is 0 Å². The number of fused-ring (bicyclic) bond motifs is 1. The van der Waals surface area contributed by atoms with E-state index in [9.17, 15) is 4.79 Å². The minimum Gasteiger partial charge on any atom is -0.379 e. The van der Waals surface area contributed by atoms with E-state index in [1.165, 1.54) is 17.3 Å². The zero-order valence-corrected chi connectivity index (χ0v) is 20.6. The Balaban J connectivity index is 1.49. The summed E-state index contributed by atoms with van der Waals surface area (Å²) in [6.07, 6.45) is 0. The molecule has 1 aromatic heterocycles. The van der Waals surface area contributed by atoms with E-state index >= 15 is 0 Å². The molecule has 1 unspecified atom stereocenters. The van der Waals surface area contributed by atoms with Crippen molar-refractivity contribution in [2.24, 2.45) is 0 Å². The molecule has 33 heavy (non-hydrogen) atoms. The fourth-order valence-electron chi connectivity index (χ4n) is 3.73. The molecule has 1 N–H and O–H groups in total. The first-order valence-corrected chi connectivity index (χ1v) is 12.3. The summed E-state index contributed by atoms with van der Waals surface area (Å²) in [7, 11) is 0. The number of morpholine rings is 1. The van der Waals surface area contributed by atoms with Gasteiger partial charge in [-0.05, 0) is 36.1 Å². The number of ether oxygens (including phenoxy) is 1. The van der Waals surface area contributed by atoms with E-state index in [0.29, 0.717) is 6.54 Å². The number of anilines is 1. The molecule has 1 aliphatic heterocycles. The fraction of sp³-hybridized carbons (Fsp3) is 0.423. The Labute approximate surface area is 200 Å². The summed E-state index contributed by atoms with van der Waals surface area (Å²) in [5, 5.41) is 4.56. The number of benzene rings is 2. The lowest BCUT2D eigenvalue weighted by Crippen LogP contribution is -2.36. The SMILES string of the molecule is CC(Sc1nc(CN2CCOCC2)nc2ccccc12)C(=O)Nc1ccc(C(C)(C)C)cc1. The van der Waals surface area contributed by atoms with Gasteiger partial charge in [0, 0.05) is 24.2 Å². The summed E-state index contributed by atoms with van der Waals surface area (Å²) >= 11 is 1.48. The van der Waals surface area contributed by atoms with Crippen LogP contribution in [0.25, 0.3) is 10.9 Å². The Morgan fingerprint density at radius 3 is 2.48 bits per heavy atom. The molecule has 0 aliphatic carbocycles. The van der Waals surface area contributed by atoms with Gasteiger partial charge in [0.2, 0.25) is 5.91 Å². The van der Waals surface area contributed by atoms with Crippen LogP contribution in [-0.2, 0) is 21.5 Å². The third-order valence-electron chi connectivity index (χ3n) is 5.76. The predicted octanol–water partition coefficient (Wildman–Crippen LogP) is 4.88. The standard InChI is InChI=1S/C26H32N4O2S/c1-18(24(31)27-20-11-9-19(10-12-20)26(2,3)4)33-25-21-7-5-6-8-22(21)28-23(29-25)17-30-13-15-32-16-14-30/h5-12,18H,13-17H2,1-4H3,(H,27,31). The lowest BCUT2D eigenvalue weighted by atomic mass is 9.87. The molecule has 0 spiro atoms. The van der Waals surface area contributed by atoms with Gasteiger partial charge in [-0.1, -0.05) is 62.9 Å². The lowest BCUT2D eigenvalue weighted by Gasteiger charge is -2.26. The van der Waals surface area contributed by atoms with Crippen molar-refractivity contribution in [1.82, 2.24) is 14.9 Å². The molecule has 1 saturated heterocycles. The van der Waals surface area contributed by atoms with Crippen LogP contribution in [0.15, 0.2) is 53.6 Å². The summed E-state index contributed by atoms with van der Waals surface area (Å²) in [6, 6.07) is 16.1. The molecular weight excluding hydrogens is 432 g/mol. The van der Waals surface area contributed by atoms with Gasteiger partial charge in [-0.3, -0.25) is 9.69 Å². The number of aromatic nitrogens is 2. The third-order valence-corrected chi connectivity index (χ3v) is 6.86. The molecule has 1 fully saturated rings. The number of hydrogen-bond donors (Lipinski definition) is 1. The van der Waals surface area contributed by atoms with E-state index in [4.69, 9.17) is 14.7 Å². The average molecular weight is 465 g/mol. The van der Waals surface area contributed by atoms with Crippen LogP contribution in [0.3, 0.4) is 0 Å². The van der Waals surface area contributed by atoms with Gasteiger partial charge in [0.25, 0.3) is 0 Å². The van der Waals surface area contributed by atoms with Crippen molar-refractivity contribution in [3.63, 3.8) is 0 Å². The van der Waals surface area contributed by atoms with E-state index in [0.717, 1.165) is 53.7 Å². The van der Waals surface area contributed by atoms with Gasteiger partial charge in [-0.15, -0.1) is 0 Å². The zero-order valence-electron chi connectivity index (χ0n) is 19.8. The highest BCUT2D eigenvalue weighted by Crippen LogP contribution is 2.30. The molecule has 174 valence electrons. The highest BCUT2D eigenvalue weighted by molar-refractivity contribution is 8.00. The third kappa shape index (κ3) is 6.10. The van der Waals surface area contributed by atoms with Crippen molar-refractivity contribution >= 4 is 34.3 Å². The molecule has 0 bridgehead atoms. The van der Waals surface area contributed by atoms with Crippen molar-refractivity contribution in [1.29, 1.82) is 0 Å². The quantitative estimate of drug-likeness (QED) is 0.414. The van der Waals surface area contributed by atoms with Gasteiger partial charge in [0.05, 0.1) is 30.5 Å². The maximum Gasteiger partial charge on any atom is 0.237 e. The van der Waals surface area contributed by atoms with E-state index in [1.807, 2.05) is 43.3 Å². The summed E-state index contributed by atoms with van der Waals surface area (Å²) in [4.78, 5) is 24.9. The van der Waals surface area contributed by atoms with E-state index in [1.54, 1.807) is 0 Å². The Kier molecular flexibility index (Phi) is 7.32. The summed E-state index contributed by atoms with van der Waals surface area (Å²) in [5.41, 5.74) is 3.03. The number of rotatable bonds is 6. The van der Waals surface area contributed by atoms with Crippen LogP contribution < -0.4 is 5.32 Å². The molecule has 2 aromatic carbocycles. The molecule has 1 aliphatic rings. The zero-order chi connectivity index (χ0) is 23.4. The maximum absolute atomic E-state index is 12.9. The van der Waals surface area contributed by atoms with Gasteiger partial charge in [0.1, 0.15) is 10.9 Å². The average Bonchev–Trinajstić information content (AvgIpc) is 2.79. The van der Waals surface area contributed by atoms with Crippen LogP contribution in [0.4, 0.5) is 5.69 Å². The molecule has 0 saturated carbocycles. The molecule has 6 nitrogen and oxygen atoms in total. The lowest BCUT2D eigenvalue weighted by molar-refractivity contribution is -0.115. The van der Waals surface area contributed by atoms with E-state index < -0.39 is 0 Å². The normalized spacial score (nSPS) is 16.0. The Bertz CT molecular complexity index is 1110. The van der Waals surface area contributed by atoms with Gasteiger partial charge >= 0.3 is 0 Å². The van der Waals surface area contributed by atoms with Gasteiger partial charge < -0.3 is 10.1 Å². The number of nitrogens with one attached hydrogen (secondary N) is 1. The molecular formula is C26H32N4O2S. The van der Waals surface area contributed by atoms with Gasteiger partial charge in [0.15, 0.2) is 0 Å². The molecule has 1 atom stereocenters. The van der Waals surface area contributed by atoms with Crippen molar-refractivity contribution in [2.75, 3.05) is 31.6 Å². The van der Waals surface area contributed by atoms with Crippen LogP contribution in [-0.4, -0.2) is 52.3 Å². The number of amides is 1. The largest absolute Gasteiger partial charge is 0.379 e. The summed E-state index contributed by atoms with van der Waals surface area (Å²) in [6.45, 7) is 12.4. The highest BCUT2D eigenvalue weighted by atomic mass is 32.2. The van der Waals surface area contributed by atoms with E-state index in [-0.39, 0.29) is 16.6 Å². The topological polar surface area (TPSA) is 67.3 Å². The Morgan fingerprint density at radius 1 is 1.09 bits per heavy atom. The first kappa shape index (κ1) is 23.7. The first-order chi connectivity index (χ1) is 15.8. The number of carbonyl (C=O) groups is 1. The minimum absolute atomic E-state index is 0.0408. The van der Waals surface area contributed by atoms with E-state index in [2.05, 4.69) is 43.1 Å². The summed E-state index contributed by atoms with van der Waals surface area (Å²) in [5.74, 6) is 0.740. The maximum atomic E-state index is 12.9. The van der Waals surface area contributed by atoms with Crippen LogP contribution in [0.1, 0.15) is 39.1 Å². The monoisotopic (exact) mass is 464 g/mol. The fourth-order valence-corrected chi connectivity index (χ4v) is 4.69. The second kappa shape index (κ2) is 10.2. The predicted molar refractivity (Wildman–Crippen MR) is 135 cm³/mol. The minimum atomic E-state index is -0.304. The van der Waals surface area contributed by atoms with Crippen LogP contribution in [0.5, 0.6) is 0 Å². The van der Waals surface area contributed by atoms with Crippen molar-refractivity contribution in [2.45, 2.75) is 49.9 Å². The Hall–Kier alpha value is -2.48. The van der Waals surface area contributed by atoms with Crippen molar-refractivity contribution in [3.8, 4) is 0 Å². The second-order valence-electron chi connectivity index (χ2n) is 9.43. The number of hydrogen-bond acceptors (Lipinski definition) is 6. The number of carbonyl (C=O) groups excluding carboxylic acids is 1. The molecule has 7 heteroatoms. The van der Waals surface area contributed by atoms with Crippen molar-refractivity contribution in [3.05, 3.63) is 59.9 Å². The molecule has 1 amide bonds. The second-order valence-corrected chi connectivity index (χ2v) is 10.8. The first-order valence-electron chi connectivity index (χ1n) is 11.4. The van der Waals surface area contributed by atoms with Gasteiger partial charge in [-0.25, -0.2) is 9.97 Å². The van der Waals surface area contributed by atoms with Crippen LogP contribution in [0, 0.1) is 0 Å². The molecule has 4 rings (SSSR count). The smallest absolute Gasteiger partial charge is 0.237 e. The van der Waals surface area contributed by atoms with Crippen molar-refractivity contribution < 1.29 is 9.53 Å². The molecule has 3 aromatic rings. The van der Waals surface area contributed by atoms with Crippen LogP contribution in [0.2, 0.25) is 0 Å². The molecule has 2 heterocycles. The number of nitrogens with zero attached hydrogens (tertiary/aromatic N) is 3. The number of para-hydroxylation sites is 1. The number of thioether (sulfide) groups is 1. The summed E-state index contributed by atoms with van der Waals surface area (Å²) < 4.78 is 5.45. The molecule has 0 radical (unpaired) electrons. The Morgan fingerprint density at radius 2 is 1.79 bits per heavy atom. The highest BCUT2D eigenvalue weighted by Gasteiger charge is 2.20.